The molecular weight excluding hydrogens is 353 g/mol. The third kappa shape index (κ3) is 4.90. The second-order valence-corrected chi connectivity index (χ2v) is 5.74. The molecule has 1 aromatic heterocycles. The molecule has 8 nitrogen and oxygen atoms in total. The van der Waals surface area contributed by atoms with E-state index in [1.165, 1.54) is 12.1 Å². The van der Waals surface area contributed by atoms with E-state index in [1.54, 1.807) is 14.0 Å². The maximum absolute atomic E-state index is 12.9. The fraction of sp³-hybridized carbons (Fsp3) is 0.533. The molecule has 0 amide bonds. The van der Waals surface area contributed by atoms with Crippen molar-refractivity contribution in [2.24, 2.45) is 27.4 Å². The lowest BCUT2D eigenvalue weighted by atomic mass is 10.0. The number of hydrogen-bond donors (Lipinski definition) is 3. The van der Waals surface area contributed by atoms with Crippen molar-refractivity contribution in [2.45, 2.75) is 18.9 Å². The summed E-state index contributed by atoms with van der Waals surface area (Å²) in [5, 5.41) is 2.60. The van der Waals surface area contributed by atoms with Gasteiger partial charge in [0.1, 0.15) is 11.4 Å². The van der Waals surface area contributed by atoms with Crippen molar-refractivity contribution in [2.75, 3.05) is 26.9 Å². The van der Waals surface area contributed by atoms with Crippen LogP contribution in [0.25, 0.3) is 0 Å². The molecule has 26 heavy (non-hydrogen) atoms. The number of nitrogens with one attached hydrogen (secondary N) is 1. The van der Waals surface area contributed by atoms with E-state index in [0.29, 0.717) is 13.2 Å². The van der Waals surface area contributed by atoms with Gasteiger partial charge in [-0.3, -0.25) is 5.73 Å². The molecule has 0 spiro atoms. The van der Waals surface area contributed by atoms with Gasteiger partial charge in [-0.05, 0) is 12.1 Å². The molecule has 0 bridgehead atoms. The molecule has 0 aromatic carbocycles. The van der Waals surface area contributed by atoms with Crippen LogP contribution in [0.3, 0.4) is 0 Å². The summed E-state index contributed by atoms with van der Waals surface area (Å²) in [7, 11) is 1.55. The highest BCUT2D eigenvalue weighted by atomic mass is 19.4. The Kier molecular flexibility index (Phi) is 6.16. The quantitative estimate of drug-likeness (QED) is 0.604. The number of amidine groups is 1. The highest BCUT2D eigenvalue weighted by molar-refractivity contribution is 6.08. The van der Waals surface area contributed by atoms with Crippen LogP contribution >= 0.6 is 0 Å². The van der Waals surface area contributed by atoms with Gasteiger partial charge in [0, 0.05) is 13.0 Å². The van der Waals surface area contributed by atoms with Gasteiger partial charge in [0.25, 0.3) is 0 Å². The largest absolute Gasteiger partial charge is 0.433 e. The van der Waals surface area contributed by atoms with Crippen LogP contribution in [0.2, 0.25) is 0 Å². The molecule has 0 radical (unpaired) electrons. The SMILES string of the molecule is COCCOCC(C)C1(N)N=C(N)NC(c2cccc(C(F)(F)F)n2)=N1. The smallest absolute Gasteiger partial charge is 0.382 e. The van der Waals surface area contributed by atoms with E-state index in [2.05, 4.69) is 20.3 Å². The van der Waals surface area contributed by atoms with E-state index >= 15 is 0 Å². The predicted molar refractivity (Wildman–Crippen MR) is 89.3 cm³/mol. The molecule has 2 unspecified atom stereocenters. The number of alkyl halides is 3. The molecule has 0 saturated heterocycles. The molecule has 0 saturated carbocycles. The van der Waals surface area contributed by atoms with Crippen LogP contribution in [0.15, 0.2) is 28.2 Å². The van der Waals surface area contributed by atoms with Crippen LogP contribution in [-0.4, -0.2) is 49.5 Å². The van der Waals surface area contributed by atoms with Crippen LogP contribution in [0.4, 0.5) is 13.2 Å². The molecule has 2 atom stereocenters. The molecule has 0 fully saturated rings. The summed E-state index contributed by atoms with van der Waals surface area (Å²) in [6, 6.07) is 3.47. The standard InChI is InChI=1S/C15H21F3N6O2/c1-9(8-26-7-6-25-2)15(20)23-12(22-13(19)24-15)10-4-3-5-11(21-10)14(16,17)18/h3-5,9H,6-8,20H2,1-2H3,(H3,19,22,23,24). The van der Waals surface area contributed by atoms with Gasteiger partial charge in [0.15, 0.2) is 11.8 Å². The highest BCUT2D eigenvalue weighted by Crippen LogP contribution is 2.28. The fourth-order valence-electron chi connectivity index (χ4n) is 2.17. The molecule has 1 aliphatic rings. The van der Waals surface area contributed by atoms with Gasteiger partial charge in [-0.1, -0.05) is 13.0 Å². The molecule has 2 heterocycles. The fourth-order valence-corrected chi connectivity index (χ4v) is 2.17. The summed E-state index contributed by atoms with van der Waals surface area (Å²) in [6.07, 6.45) is -4.58. The Balaban J connectivity index is 2.24. The Morgan fingerprint density at radius 2 is 2.00 bits per heavy atom. The minimum atomic E-state index is -4.58. The maximum atomic E-state index is 12.9. The van der Waals surface area contributed by atoms with Gasteiger partial charge in [-0.15, -0.1) is 0 Å². The number of nitrogens with two attached hydrogens (primary N) is 2. The first-order valence-corrected chi connectivity index (χ1v) is 7.78. The normalized spacial score (nSPS) is 21.6. The van der Waals surface area contributed by atoms with Crippen molar-refractivity contribution in [1.82, 2.24) is 10.3 Å². The Hall–Kier alpha value is -2.24. The number of aromatic nitrogens is 1. The zero-order valence-corrected chi connectivity index (χ0v) is 14.4. The average Bonchev–Trinajstić information content (AvgIpc) is 2.57. The molecule has 11 heteroatoms. The highest BCUT2D eigenvalue weighted by Gasteiger charge is 2.37. The molecule has 1 aromatic rings. The Bertz CT molecular complexity index is 694. The first-order chi connectivity index (χ1) is 12.2. The number of halogens is 3. The van der Waals surface area contributed by atoms with E-state index in [1.807, 2.05) is 0 Å². The topological polar surface area (TPSA) is 120 Å². The summed E-state index contributed by atoms with van der Waals surface area (Å²) in [5.74, 6) is -1.95. The molecule has 0 aliphatic carbocycles. The number of ether oxygens (including phenoxy) is 2. The van der Waals surface area contributed by atoms with Gasteiger partial charge in [0.2, 0.25) is 5.79 Å². The molecule has 5 N–H and O–H groups in total. The van der Waals surface area contributed by atoms with Crippen LogP contribution in [0, 0.1) is 5.92 Å². The van der Waals surface area contributed by atoms with E-state index < -0.39 is 23.6 Å². The third-order valence-electron chi connectivity index (χ3n) is 3.64. The number of aliphatic imine (C=N–C) groups is 2. The van der Waals surface area contributed by atoms with E-state index in [0.717, 1.165) is 6.07 Å². The van der Waals surface area contributed by atoms with Crippen molar-refractivity contribution in [3.63, 3.8) is 0 Å². The van der Waals surface area contributed by atoms with Gasteiger partial charge >= 0.3 is 6.18 Å². The molecule has 144 valence electrons. The maximum Gasteiger partial charge on any atom is 0.433 e. The Morgan fingerprint density at radius 3 is 2.65 bits per heavy atom. The van der Waals surface area contributed by atoms with Crippen LogP contribution in [-0.2, 0) is 15.7 Å². The first kappa shape index (κ1) is 20.1. The number of hydrogen-bond acceptors (Lipinski definition) is 8. The van der Waals surface area contributed by atoms with Crippen molar-refractivity contribution in [3.8, 4) is 0 Å². The van der Waals surface area contributed by atoms with Crippen LogP contribution in [0.1, 0.15) is 18.3 Å². The summed E-state index contributed by atoms with van der Waals surface area (Å²) >= 11 is 0. The zero-order valence-electron chi connectivity index (χ0n) is 14.4. The monoisotopic (exact) mass is 374 g/mol. The van der Waals surface area contributed by atoms with E-state index in [4.69, 9.17) is 20.9 Å². The third-order valence-corrected chi connectivity index (χ3v) is 3.64. The lowest BCUT2D eigenvalue weighted by molar-refractivity contribution is -0.141. The molecule has 1 aliphatic heterocycles. The lowest BCUT2D eigenvalue weighted by Gasteiger charge is -2.32. The van der Waals surface area contributed by atoms with Gasteiger partial charge in [0.05, 0.1) is 19.8 Å². The van der Waals surface area contributed by atoms with Gasteiger partial charge in [-0.25, -0.2) is 15.0 Å². The minimum Gasteiger partial charge on any atom is -0.382 e. The van der Waals surface area contributed by atoms with Gasteiger partial charge in [-0.2, -0.15) is 13.2 Å². The zero-order chi connectivity index (χ0) is 19.4. The van der Waals surface area contributed by atoms with Gasteiger partial charge < -0.3 is 20.5 Å². The number of guanidine groups is 1. The summed E-state index contributed by atoms with van der Waals surface area (Å²) in [4.78, 5) is 11.9. The first-order valence-electron chi connectivity index (χ1n) is 7.78. The number of rotatable bonds is 7. The summed E-state index contributed by atoms with van der Waals surface area (Å²) < 4.78 is 48.9. The minimum absolute atomic E-state index is 0.00911. The van der Waals surface area contributed by atoms with Crippen molar-refractivity contribution in [3.05, 3.63) is 29.6 Å². The van der Waals surface area contributed by atoms with Crippen molar-refractivity contribution >= 4 is 11.8 Å². The second kappa shape index (κ2) is 7.98. The Labute approximate surface area is 148 Å². The molecular formula is C15H21F3N6O2. The second-order valence-electron chi connectivity index (χ2n) is 5.74. The Morgan fingerprint density at radius 1 is 1.27 bits per heavy atom. The van der Waals surface area contributed by atoms with Crippen LogP contribution < -0.4 is 16.8 Å². The average molecular weight is 374 g/mol. The lowest BCUT2D eigenvalue weighted by Crippen LogP contribution is -2.54. The van der Waals surface area contributed by atoms with Crippen LogP contribution in [0.5, 0.6) is 0 Å². The van der Waals surface area contributed by atoms with E-state index in [-0.39, 0.29) is 24.1 Å². The molecule has 2 rings (SSSR count). The number of methoxy groups -OCH3 is 1. The van der Waals surface area contributed by atoms with Crippen molar-refractivity contribution in [1.29, 1.82) is 0 Å². The van der Waals surface area contributed by atoms with E-state index in [9.17, 15) is 13.2 Å². The predicted octanol–water partition coefficient (Wildman–Crippen LogP) is 0.677. The number of nitrogens with zero attached hydrogens (tertiary/aromatic N) is 3. The summed E-state index contributed by atoms with van der Waals surface area (Å²) in [5.41, 5.74) is 10.9. The van der Waals surface area contributed by atoms with Crippen molar-refractivity contribution < 1.29 is 22.6 Å². The summed E-state index contributed by atoms with van der Waals surface area (Å²) in [6.45, 7) is 2.74. The number of pyridine rings is 1.